The van der Waals surface area contributed by atoms with E-state index in [1.165, 1.54) is 0 Å². The molecule has 5 nitrogen and oxygen atoms in total. The van der Waals surface area contributed by atoms with Crippen LogP contribution in [0.5, 0.6) is 0 Å². The van der Waals surface area contributed by atoms with E-state index in [9.17, 15) is 14.4 Å². The Morgan fingerprint density at radius 2 is 1.32 bits per heavy atom. The van der Waals surface area contributed by atoms with Crippen LogP contribution in [0, 0.1) is 0 Å². The van der Waals surface area contributed by atoms with Crippen LogP contribution in [-0.2, 0) is 23.9 Å². The van der Waals surface area contributed by atoms with Gasteiger partial charge in [-0.1, -0.05) is 39.5 Å². The molecule has 0 atom stereocenters. The summed E-state index contributed by atoms with van der Waals surface area (Å²) in [5.74, 6) is -2.44. The van der Waals surface area contributed by atoms with Gasteiger partial charge in [0, 0.05) is 0 Å². The normalized spacial score (nSPS) is 10.0. The fourth-order valence-corrected chi connectivity index (χ4v) is 1.39. The molecule has 0 amide bonds. The molecule has 0 aromatic heterocycles. The number of rotatable bonds is 11. The van der Waals surface area contributed by atoms with Crippen molar-refractivity contribution in [2.24, 2.45) is 0 Å². The van der Waals surface area contributed by atoms with Gasteiger partial charge in [-0.2, -0.15) is 0 Å². The summed E-state index contributed by atoms with van der Waals surface area (Å²) in [6.07, 6.45) is 4.94. The minimum Gasteiger partial charge on any atom is -0.465 e. The van der Waals surface area contributed by atoms with Crippen LogP contribution in [0.3, 0.4) is 0 Å². The molecular formula is C14H24O5. The first-order chi connectivity index (χ1) is 9.11. The molecule has 110 valence electrons. The first-order valence-electron chi connectivity index (χ1n) is 6.97. The number of hydrogen-bond acceptors (Lipinski definition) is 5. The molecular weight excluding hydrogens is 248 g/mol. The van der Waals surface area contributed by atoms with E-state index in [1.807, 2.05) is 13.8 Å². The zero-order chi connectivity index (χ0) is 14.5. The first-order valence-corrected chi connectivity index (χ1v) is 6.97. The minimum absolute atomic E-state index is 0.226. The largest absolute Gasteiger partial charge is 0.465 e. The molecule has 0 aliphatic heterocycles. The maximum atomic E-state index is 11.3. The average Bonchev–Trinajstić information content (AvgIpc) is 2.39. The van der Waals surface area contributed by atoms with Crippen molar-refractivity contribution in [2.45, 2.75) is 58.8 Å². The van der Waals surface area contributed by atoms with E-state index in [4.69, 9.17) is 9.47 Å². The van der Waals surface area contributed by atoms with Crippen molar-refractivity contribution in [1.82, 2.24) is 0 Å². The molecule has 0 aliphatic carbocycles. The summed E-state index contributed by atoms with van der Waals surface area (Å²) < 4.78 is 9.59. The molecule has 0 radical (unpaired) electrons. The number of ether oxygens (including phenoxy) is 2. The topological polar surface area (TPSA) is 69.7 Å². The molecule has 0 N–H and O–H groups in total. The molecule has 0 saturated carbocycles. The van der Waals surface area contributed by atoms with Crippen molar-refractivity contribution < 1.29 is 23.9 Å². The lowest BCUT2D eigenvalue weighted by molar-refractivity contribution is -0.158. The van der Waals surface area contributed by atoms with Gasteiger partial charge >= 0.3 is 11.9 Å². The smallest absolute Gasteiger partial charge is 0.375 e. The summed E-state index contributed by atoms with van der Waals surface area (Å²) in [6.45, 7) is 4.59. The highest BCUT2D eigenvalue weighted by atomic mass is 16.5. The van der Waals surface area contributed by atoms with Gasteiger partial charge in [0.15, 0.2) is 0 Å². The Hall–Kier alpha value is -1.39. The third-order valence-electron chi connectivity index (χ3n) is 2.52. The van der Waals surface area contributed by atoms with E-state index in [2.05, 4.69) is 0 Å². The van der Waals surface area contributed by atoms with E-state index in [1.54, 1.807) is 0 Å². The number of ketones is 1. The molecule has 0 heterocycles. The quantitative estimate of drug-likeness (QED) is 0.250. The highest BCUT2D eigenvalue weighted by molar-refractivity contribution is 6.36. The SMILES string of the molecule is CCCCCOC(=O)CC(=O)C(=O)OCCCCC. The van der Waals surface area contributed by atoms with Gasteiger partial charge in [0.2, 0.25) is 0 Å². The molecule has 0 bridgehead atoms. The van der Waals surface area contributed by atoms with Crippen LogP contribution in [-0.4, -0.2) is 30.9 Å². The average molecular weight is 272 g/mol. The standard InChI is InChI=1S/C14H24O5/c1-3-5-7-9-18-13(16)11-12(15)14(17)19-10-8-6-4-2/h3-11H2,1-2H3. The molecule has 19 heavy (non-hydrogen) atoms. The molecule has 0 fully saturated rings. The van der Waals surface area contributed by atoms with Crippen LogP contribution >= 0.6 is 0 Å². The highest BCUT2D eigenvalue weighted by Crippen LogP contribution is 1.99. The molecule has 0 unspecified atom stereocenters. The van der Waals surface area contributed by atoms with Crippen molar-refractivity contribution >= 4 is 17.7 Å². The predicted molar refractivity (Wildman–Crippen MR) is 70.6 cm³/mol. The van der Waals surface area contributed by atoms with Crippen molar-refractivity contribution in [1.29, 1.82) is 0 Å². The Balaban J connectivity index is 3.70. The lowest BCUT2D eigenvalue weighted by atomic mass is 10.2. The lowest BCUT2D eigenvalue weighted by Crippen LogP contribution is -2.22. The number of Topliss-reactive ketones (excluding diaryl/α,β-unsaturated/α-hetero) is 1. The van der Waals surface area contributed by atoms with Crippen molar-refractivity contribution in [3.63, 3.8) is 0 Å². The molecule has 0 aromatic rings. The molecule has 0 rings (SSSR count). The van der Waals surface area contributed by atoms with Crippen LogP contribution < -0.4 is 0 Å². The van der Waals surface area contributed by atoms with Gasteiger partial charge in [0.1, 0.15) is 6.42 Å². The first kappa shape index (κ1) is 17.6. The van der Waals surface area contributed by atoms with Crippen molar-refractivity contribution in [2.75, 3.05) is 13.2 Å². The van der Waals surface area contributed by atoms with Crippen molar-refractivity contribution in [3.05, 3.63) is 0 Å². The minimum atomic E-state index is -0.943. The van der Waals surface area contributed by atoms with E-state index in [-0.39, 0.29) is 6.61 Å². The summed E-state index contributed by atoms with van der Waals surface area (Å²) in [7, 11) is 0. The molecule has 0 saturated heterocycles. The lowest BCUT2D eigenvalue weighted by Gasteiger charge is -2.04. The summed E-state index contributed by atoms with van der Waals surface area (Å²) in [4.78, 5) is 33.8. The number of carbonyl (C=O) groups is 3. The molecule has 0 aliphatic rings. The Kier molecular flexibility index (Phi) is 10.8. The molecule has 5 heteroatoms. The van der Waals surface area contributed by atoms with Gasteiger partial charge in [-0.3, -0.25) is 9.59 Å². The van der Waals surface area contributed by atoms with Gasteiger partial charge in [-0.25, -0.2) is 4.79 Å². The second kappa shape index (κ2) is 11.7. The van der Waals surface area contributed by atoms with Crippen LogP contribution in [0.1, 0.15) is 58.8 Å². The number of hydrogen-bond donors (Lipinski definition) is 0. The Labute approximate surface area is 114 Å². The fraction of sp³-hybridized carbons (Fsp3) is 0.786. The number of carbonyl (C=O) groups excluding carboxylic acids is 3. The van der Waals surface area contributed by atoms with Crippen LogP contribution in [0.15, 0.2) is 0 Å². The van der Waals surface area contributed by atoms with Crippen LogP contribution in [0.2, 0.25) is 0 Å². The van der Waals surface area contributed by atoms with Crippen LogP contribution in [0.25, 0.3) is 0 Å². The second-order valence-corrected chi connectivity index (χ2v) is 4.37. The monoisotopic (exact) mass is 272 g/mol. The van der Waals surface area contributed by atoms with Gasteiger partial charge in [0.05, 0.1) is 13.2 Å². The summed E-state index contributed by atoms with van der Waals surface area (Å²) in [6, 6.07) is 0. The van der Waals surface area contributed by atoms with E-state index in [0.717, 1.165) is 38.5 Å². The van der Waals surface area contributed by atoms with Gasteiger partial charge in [0.25, 0.3) is 5.78 Å². The zero-order valence-electron chi connectivity index (χ0n) is 11.9. The molecule has 0 spiro atoms. The van der Waals surface area contributed by atoms with E-state index in [0.29, 0.717) is 6.61 Å². The maximum Gasteiger partial charge on any atom is 0.375 e. The molecule has 0 aromatic carbocycles. The maximum absolute atomic E-state index is 11.3. The third-order valence-corrected chi connectivity index (χ3v) is 2.52. The van der Waals surface area contributed by atoms with Crippen LogP contribution in [0.4, 0.5) is 0 Å². The Bertz CT molecular complexity index is 286. The summed E-state index contributed by atoms with van der Waals surface area (Å²) >= 11 is 0. The van der Waals surface area contributed by atoms with Gasteiger partial charge in [-0.05, 0) is 12.8 Å². The van der Waals surface area contributed by atoms with Crippen molar-refractivity contribution in [3.8, 4) is 0 Å². The van der Waals surface area contributed by atoms with Gasteiger partial charge in [-0.15, -0.1) is 0 Å². The Morgan fingerprint density at radius 1 is 0.789 bits per heavy atom. The summed E-state index contributed by atoms with van der Waals surface area (Å²) in [5.41, 5.74) is 0. The second-order valence-electron chi connectivity index (χ2n) is 4.37. The van der Waals surface area contributed by atoms with E-state index >= 15 is 0 Å². The fourth-order valence-electron chi connectivity index (χ4n) is 1.39. The number of unbranched alkanes of at least 4 members (excludes halogenated alkanes) is 4. The highest BCUT2D eigenvalue weighted by Gasteiger charge is 2.20. The summed E-state index contributed by atoms with van der Waals surface area (Å²) in [5, 5.41) is 0. The van der Waals surface area contributed by atoms with Gasteiger partial charge < -0.3 is 9.47 Å². The third kappa shape index (κ3) is 10.2. The number of esters is 2. The Morgan fingerprint density at radius 3 is 1.84 bits per heavy atom. The zero-order valence-corrected chi connectivity index (χ0v) is 11.9. The van der Waals surface area contributed by atoms with E-state index < -0.39 is 24.1 Å². The predicted octanol–water partition coefficient (Wildman–Crippen LogP) is 2.41.